The zero-order valence-corrected chi connectivity index (χ0v) is 18.3. The highest BCUT2D eigenvalue weighted by Crippen LogP contribution is 2.26. The van der Waals surface area contributed by atoms with Gasteiger partial charge in [0.05, 0.1) is 0 Å². The second-order valence-corrected chi connectivity index (χ2v) is 8.03. The van der Waals surface area contributed by atoms with Gasteiger partial charge >= 0.3 is 0 Å². The predicted octanol–water partition coefficient (Wildman–Crippen LogP) is 4.16. The first-order valence-electron chi connectivity index (χ1n) is 10.4. The third kappa shape index (κ3) is 5.32. The maximum absolute atomic E-state index is 11.6. The van der Waals surface area contributed by atoms with E-state index >= 15 is 0 Å². The number of benzene rings is 3. The lowest BCUT2D eigenvalue weighted by Crippen LogP contribution is -2.58. The SMILES string of the molecule is Cc1c(COc2ccc(CNC(O)(C(N)=O)C(C)C)cc2)cccc1-c1ccccc1. The third-order valence-electron chi connectivity index (χ3n) is 5.62. The Balaban J connectivity index is 1.63. The van der Waals surface area contributed by atoms with Gasteiger partial charge in [0.25, 0.3) is 5.91 Å². The number of nitrogens with two attached hydrogens (primary N) is 1. The van der Waals surface area contributed by atoms with Crippen LogP contribution in [0.15, 0.2) is 72.8 Å². The lowest BCUT2D eigenvalue weighted by Gasteiger charge is -2.29. The number of primary amides is 1. The molecular weight excluding hydrogens is 388 g/mol. The van der Waals surface area contributed by atoms with Crippen LogP contribution in [0.1, 0.15) is 30.5 Å². The van der Waals surface area contributed by atoms with Gasteiger partial charge in [-0.05, 0) is 46.9 Å². The van der Waals surface area contributed by atoms with Crippen molar-refractivity contribution in [2.45, 2.75) is 39.6 Å². The highest BCUT2D eigenvalue weighted by atomic mass is 16.5. The predicted molar refractivity (Wildman–Crippen MR) is 123 cm³/mol. The molecule has 0 aromatic heterocycles. The first-order valence-corrected chi connectivity index (χ1v) is 10.4. The highest BCUT2D eigenvalue weighted by Gasteiger charge is 2.36. The fourth-order valence-electron chi connectivity index (χ4n) is 3.45. The Morgan fingerprint density at radius 2 is 1.71 bits per heavy atom. The van der Waals surface area contributed by atoms with Crippen molar-refractivity contribution in [1.82, 2.24) is 5.32 Å². The van der Waals surface area contributed by atoms with Gasteiger partial charge in [0.1, 0.15) is 12.4 Å². The molecule has 162 valence electrons. The van der Waals surface area contributed by atoms with Crippen molar-refractivity contribution in [3.63, 3.8) is 0 Å². The van der Waals surface area contributed by atoms with Crippen LogP contribution in [0.4, 0.5) is 0 Å². The van der Waals surface area contributed by atoms with Crippen LogP contribution in [-0.4, -0.2) is 16.7 Å². The number of ether oxygens (including phenoxy) is 1. The van der Waals surface area contributed by atoms with Gasteiger partial charge in [-0.15, -0.1) is 0 Å². The van der Waals surface area contributed by atoms with E-state index in [2.05, 4.69) is 42.6 Å². The molecule has 5 nitrogen and oxygen atoms in total. The van der Waals surface area contributed by atoms with Crippen LogP contribution in [0.5, 0.6) is 5.75 Å². The minimum Gasteiger partial charge on any atom is -0.489 e. The van der Waals surface area contributed by atoms with Crippen LogP contribution in [0.2, 0.25) is 0 Å². The number of hydrogen-bond donors (Lipinski definition) is 3. The summed E-state index contributed by atoms with van der Waals surface area (Å²) in [6.07, 6.45) is 0. The van der Waals surface area contributed by atoms with Gasteiger partial charge in [0, 0.05) is 12.5 Å². The molecule has 0 fully saturated rings. The molecule has 0 aliphatic rings. The van der Waals surface area contributed by atoms with Crippen molar-refractivity contribution in [1.29, 1.82) is 0 Å². The van der Waals surface area contributed by atoms with E-state index < -0.39 is 11.6 Å². The highest BCUT2D eigenvalue weighted by molar-refractivity contribution is 5.82. The number of nitrogens with one attached hydrogen (secondary N) is 1. The first kappa shape index (κ1) is 22.5. The molecule has 1 amide bonds. The zero-order chi connectivity index (χ0) is 22.4. The number of carbonyl (C=O) groups excluding carboxylic acids is 1. The van der Waals surface area contributed by atoms with E-state index in [9.17, 15) is 9.90 Å². The van der Waals surface area contributed by atoms with Gasteiger partial charge in [0.15, 0.2) is 5.72 Å². The number of amides is 1. The summed E-state index contributed by atoms with van der Waals surface area (Å²) in [5, 5.41) is 13.3. The van der Waals surface area contributed by atoms with Gasteiger partial charge in [-0.3, -0.25) is 10.1 Å². The van der Waals surface area contributed by atoms with E-state index in [0.717, 1.165) is 16.9 Å². The van der Waals surface area contributed by atoms with Gasteiger partial charge in [-0.2, -0.15) is 0 Å². The molecule has 31 heavy (non-hydrogen) atoms. The fraction of sp³-hybridized carbons (Fsp3) is 0.269. The molecule has 0 aliphatic heterocycles. The Morgan fingerprint density at radius 1 is 1.03 bits per heavy atom. The molecule has 0 saturated carbocycles. The van der Waals surface area contributed by atoms with Crippen LogP contribution in [0, 0.1) is 12.8 Å². The van der Waals surface area contributed by atoms with Crippen molar-refractivity contribution >= 4 is 5.91 Å². The van der Waals surface area contributed by atoms with E-state index in [1.807, 2.05) is 42.5 Å². The molecule has 0 saturated heterocycles. The number of aliphatic hydroxyl groups is 1. The minimum atomic E-state index is -1.74. The first-order chi connectivity index (χ1) is 14.8. The van der Waals surface area contributed by atoms with E-state index in [0.29, 0.717) is 13.2 Å². The molecule has 0 spiro atoms. The molecule has 0 radical (unpaired) electrons. The summed E-state index contributed by atoms with van der Waals surface area (Å²) in [5.74, 6) is -0.375. The van der Waals surface area contributed by atoms with Crippen LogP contribution in [0.3, 0.4) is 0 Å². The second kappa shape index (κ2) is 9.77. The minimum absolute atomic E-state index is 0.316. The monoisotopic (exact) mass is 418 g/mol. The van der Waals surface area contributed by atoms with E-state index in [1.54, 1.807) is 13.8 Å². The van der Waals surface area contributed by atoms with E-state index in [-0.39, 0.29) is 5.92 Å². The maximum Gasteiger partial charge on any atom is 0.265 e. The van der Waals surface area contributed by atoms with Crippen LogP contribution >= 0.6 is 0 Å². The smallest absolute Gasteiger partial charge is 0.265 e. The van der Waals surface area contributed by atoms with Crippen LogP contribution in [-0.2, 0) is 17.9 Å². The van der Waals surface area contributed by atoms with Crippen molar-refractivity contribution in [2.24, 2.45) is 11.7 Å². The number of rotatable bonds is 9. The van der Waals surface area contributed by atoms with Crippen molar-refractivity contribution in [2.75, 3.05) is 0 Å². The topological polar surface area (TPSA) is 84.6 Å². The van der Waals surface area contributed by atoms with Gasteiger partial charge in [-0.1, -0.05) is 74.5 Å². The maximum atomic E-state index is 11.6. The Labute approximate surface area is 183 Å². The molecule has 3 rings (SSSR count). The normalized spacial score (nSPS) is 13.1. The Hall–Kier alpha value is -3.15. The zero-order valence-electron chi connectivity index (χ0n) is 18.3. The van der Waals surface area contributed by atoms with Crippen molar-refractivity contribution in [3.05, 3.63) is 89.5 Å². The van der Waals surface area contributed by atoms with E-state index in [1.165, 1.54) is 16.7 Å². The standard InChI is InChI=1S/C26H30N2O3/c1-18(2)26(30,25(27)29)28-16-20-12-14-23(15-13-20)31-17-22-10-7-11-24(19(22)3)21-8-5-4-6-9-21/h4-15,18,28,30H,16-17H2,1-3H3,(H2,27,29). The van der Waals surface area contributed by atoms with Gasteiger partial charge < -0.3 is 15.6 Å². The number of hydrogen-bond acceptors (Lipinski definition) is 4. The quantitative estimate of drug-likeness (QED) is 0.456. The van der Waals surface area contributed by atoms with Crippen LogP contribution in [0.25, 0.3) is 11.1 Å². The third-order valence-corrected chi connectivity index (χ3v) is 5.62. The molecule has 3 aromatic carbocycles. The van der Waals surface area contributed by atoms with Gasteiger partial charge in [-0.25, -0.2) is 0 Å². The summed E-state index contributed by atoms with van der Waals surface area (Å²) in [4.78, 5) is 11.6. The Kier molecular flexibility index (Phi) is 7.10. The Bertz CT molecular complexity index is 1020. The summed E-state index contributed by atoms with van der Waals surface area (Å²) >= 11 is 0. The molecular formula is C26H30N2O3. The molecule has 0 aliphatic carbocycles. The van der Waals surface area contributed by atoms with Crippen molar-refractivity contribution in [3.8, 4) is 16.9 Å². The average Bonchev–Trinajstić information content (AvgIpc) is 2.77. The molecule has 0 heterocycles. The lowest BCUT2D eigenvalue weighted by molar-refractivity contribution is -0.145. The fourth-order valence-corrected chi connectivity index (χ4v) is 3.45. The van der Waals surface area contributed by atoms with Crippen molar-refractivity contribution < 1.29 is 14.6 Å². The molecule has 1 atom stereocenters. The summed E-state index contributed by atoms with van der Waals surface area (Å²) in [6, 6.07) is 24.1. The Morgan fingerprint density at radius 3 is 2.32 bits per heavy atom. The molecule has 5 heteroatoms. The average molecular weight is 419 g/mol. The molecule has 0 bridgehead atoms. The lowest BCUT2D eigenvalue weighted by atomic mass is 9.97. The molecule has 4 N–H and O–H groups in total. The number of carbonyl (C=O) groups is 1. The summed E-state index contributed by atoms with van der Waals surface area (Å²) in [7, 11) is 0. The van der Waals surface area contributed by atoms with E-state index in [4.69, 9.17) is 10.5 Å². The summed E-state index contributed by atoms with van der Waals surface area (Å²) in [5.41, 5.74) is 9.25. The van der Waals surface area contributed by atoms with Gasteiger partial charge in [0.2, 0.25) is 0 Å². The van der Waals surface area contributed by atoms with Crippen LogP contribution < -0.4 is 15.8 Å². The molecule has 1 unspecified atom stereocenters. The second-order valence-electron chi connectivity index (χ2n) is 8.03. The molecule has 3 aromatic rings. The summed E-state index contributed by atoms with van der Waals surface area (Å²) in [6.45, 7) is 6.38. The summed E-state index contributed by atoms with van der Waals surface area (Å²) < 4.78 is 6.00. The largest absolute Gasteiger partial charge is 0.489 e.